The van der Waals surface area contributed by atoms with E-state index in [0.29, 0.717) is 11.6 Å². The van der Waals surface area contributed by atoms with Gasteiger partial charge in [0, 0.05) is 17.3 Å². The number of rotatable bonds is 2. The van der Waals surface area contributed by atoms with Crippen LogP contribution >= 0.6 is 0 Å². The summed E-state index contributed by atoms with van der Waals surface area (Å²) in [7, 11) is 0. The molecule has 2 rings (SSSR count). The number of carbonyl (C=O) groups excluding carboxylic acids is 1. The Balaban J connectivity index is 2.14. The maximum Gasteiger partial charge on any atom is 0.251 e. The van der Waals surface area contributed by atoms with E-state index in [1.54, 1.807) is 12.1 Å². The number of hydrogen-bond donors (Lipinski definition) is 2. The molecule has 14 heavy (non-hydrogen) atoms. The molecule has 1 aliphatic rings. The topological polar surface area (TPSA) is 55.1 Å². The van der Waals surface area contributed by atoms with E-state index in [1.165, 1.54) is 0 Å². The van der Waals surface area contributed by atoms with E-state index < -0.39 is 0 Å². The average molecular weight is 190 g/mol. The van der Waals surface area contributed by atoms with Crippen molar-refractivity contribution in [1.29, 1.82) is 0 Å². The normalized spacial score (nSPS) is 15.2. The van der Waals surface area contributed by atoms with Gasteiger partial charge in [-0.25, -0.2) is 0 Å². The summed E-state index contributed by atoms with van der Waals surface area (Å²) in [5.74, 6) is 0.00981. The van der Waals surface area contributed by atoms with E-state index in [9.17, 15) is 4.79 Å². The zero-order valence-corrected chi connectivity index (χ0v) is 8.21. The molecule has 0 unspecified atom stereocenters. The summed E-state index contributed by atoms with van der Waals surface area (Å²) in [6, 6.07) is 5.77. The molecule has 0 atom stereocenters. The molecular formula is C11H14N2O. The minimum atomic E-state index is 0.00981. The molecule has 1 fully saturated rings. The van der Waals surface area contributed by atoms with Crippen LogP contribution in [0.4, 0.5) is 5.69 Å². The smallest absolute Gasteiger partial charge is 0.251 e. The highest BCUT2D eigenvalue weighted by atomic mass is 16.1. The molecule has 0 heterocycles. The van der Waals surface area contributed by atoms with Gasteiger partial charge in [0.25, 0.3) is 5.91 Å². The Morgan fingerprint density at radius 2 is 2.21 bits per heavy atom. The number of hydrogen-bond acceptors (Lipinski definition) is 2. The minimum Gasteiger partial charge on any atom is -0.399 e. The summed E-state index contributed by atoms with van der Waals surface area (Å²) in [6.45, 7) is 1.91. The van der Waals surface area contributed by atoms with Crippen LogP contribution in [0.3, 0.4) is 0 Å². The van der Waals surface area contributed by atoms with Gasteiger partial charge in [-0.15, -0.1) is 0 Å². The van der Waals surface area contributed by atoms with Gasteiger partial charge in [-0.1, -0.05) is 0 Å². The highest BCUT2D eigenvalue weighted by Crippen LogP contribution is 2.20. The van der Waals surface area contributed by atoms with Gasteiger partial charge in [-0.3, -0.25) is 4.79 Å². The molecule has 0 saturated heterocycles. The number of amides is 1. The lowest BCUT2D eigenvalue weighted by Gasteiger charge is -2.05. The van der Waals surface area contributed by atoms with Crippen molar-refractivity contribution < 1.29 is 4.79 Å². The zero-order valence-electron chi connectivity index (χ0n) is 8.21. The first kappa shape index (κ1) is 9.06. The van der Waals surface area contributed by atoms with Crippen molar-refractivity contribution in [3.05, 3.63) is 29.3 Å². The average Bonchev–Trinajstić information content (AvgIpc) is 2.93. The van der Waals surface area contributed by atoms with Gasteiger partial charge in [0.1, 0.15) is 0 Å². The Morgan fingerprint density at radius 1 is 1.50 bits per heavy atom. The minimum absolute atomic E-state index is 0.00981. The Morgan fingerprint density at radius 3 is 2.79 bits per heavy atom. The fourth-order valence-corrected chi connectivity index (χ4v) is 1.31. The second-order valence-corrected chi connectivity index (χ2v) is 3.82. The van der Waals surface area contributed by atoms with E-state index in [4.69, 9.17) is 5.73 Å². The molecular weight excluding hydrogens is 176 g/mol. The molecule has 1 amide bonds. The third-order valence-electron chi connectivity index (χ3n) is 2.44. The lowest BCUT2D eigenvalue weighted by molar-refractivity contribution is 0.0951. The number of nitrogens with two attached hydrogens (primary N) is 1. The number of anilines is 1. The monoisotopic (exact) mass is 190 g/mol. The highest BCUT2D eigenvalue weighted by Gasteiger charge is 2.23. The van der Waals surface area contributed by atoms with Crippen LogP contribution in [0, 0.1) is 6.92 Å². The molecule has 74 valence electrons. The molecule has 1 aromatic rings. The number of aryl methyl sites for hydroxylation is 1. The molecule has 0 radical (unpaired) electrons. The molecule has 0 bridgehead atoms. The first-order chi connectivity index (χ1) is 6.66. The van der Waals surface area contributed by atoms with E-state index in [1.807, 2.05) is 13.0 Å². The van der Waals surface area contributed by atoms with Gasteiger partial charge in [-0.2, -0.15) is 0 Å². The van der Waals surface area contributed by atoms with Crippen LogP contribution in [0.25, 0.3) is 0 Å². The number of nitrogens with one attached hydrogen (secondary N) is 1. The van der Waals surface area contributed by atoms with Crippen molar-refractivity contribution in [2.45, 2.75) is 25.8 Å². The van der Waals surface area contributed by atoms with Gasteiger partial charge in [-0.05, 0) is 43.5 Å². The summed E-state index contributed by atoms with van der Waals surface area (Å²) >= 11 is 0. The van der Waals surface area contributed by atoms with Crippen LogP contribution in [0.15, 0.2) is 18.2 Å². The first-order valence-corrected chi connectivity index (χ1v) is 4.84. The number of benzene rings is 1. The SMILES string of the molecule is Cc1cc(C(=O)NC2CC2)ccc1N. The van der Waals surface area contributed by atoms with E-state index >= 15 is 0 Å². The second-order valence-electron chi connectivity index (χ2n) is 3.82. The van der Waals surface area contributed by atoms with Crippen molar-refractivity contribution in [3.8, 4) is 0 Å². The summed E-state index contributed by atoms with van der Waals surface area (Å²) < 4.78 is 0. The molecule has 3 nitrogen and oxygen atoms in total. The molecule has 0 aromatic heterocycles. The number of nitrogen functional groups attached to an aromatic ring is 1. The fourth-order valence-electron chi connectivity index (χ4n) is 1.31. The van der Waals surface area contributed by atoms with Crippen molar-refractivity contribution in [3.63, 3.8) is 0 Å². The van der Waals surface area contributed by atoms with Gasteiger partial charge >= 0.3 is 0 Å². The van der Waals surface area contributed by atoms with Gasteiger partial charge < -0.3 is 11.1 Å². The van der Waals surface area contributed by atoms with Crippen LogP contribution in [-0.2, 0) is 0 Å². The lowest BCUT2D eigenvalue weighted by atomic mass is 10.1. The van der Waals surface area contributed by atoms with Gasteiger partial charge in [0.05, 0.1) is 0 Å². The maximum atomic E-state index is 11.6. The van der Waals surface area contributed by atoms with Crippen LogP contribution < -0.4 is 11.1 Å². The first-order valence-electron chi connectivity index (χ1n) is 4.84. The van der Waals surface area contributed by atoms with Crippen molar-refractivity contribution in [2.75, 3.05) is 5.73 Å². The van der Waals surface area contributed by atoms with Crippen LogP contribution in [0.1, 0.15) is 28.8 Å². The molecule has 0 spiro atoms. The number of carbonyl (C=O) groups is 1. The summed E-state index contributed by atoms with van der Waals surface area (Å²) in [6.07, 6.45) is 2.22. The third-order valence-corrected chi connectivity index (χ3v) is 2.44. The Bertz CT molecular complexity index is 370. The van der Waals surface area contributed by atoms with E-state index in [2.05, 4.69) is 5.32 Å². The van der Waals surface area contributed by atoms with Crippen molar-refractivity contribution in [2.24, 2.45) is 0 Å². The van der Waals surface area contributed by atoms with Gasteiger partial charge in [0.2, 0.25) is 0 Å². The van der Waals surface area contributed by atoms with E-state index in [0.717, 1.165) is 24.1 Å². The van der Waals surface area contributed by atoms with Crippen LogP contribution in [0.2, 0.25) is 0 Å². The summed E-state index contributed by atoms with van der Waals surface area (Å²) in [5, 5.41) is 2.94. The van der Waals surface area contributed by atoms with Gasteiger partial charge in [0.15, 0.2) is 0 Å². The predicted molar refractivity (Wildman–Crippen MR) is 56.1 cm³/mol. The zero-order chi connectivity index (χ0) is 10.1. The van der Waals surface area contributed by atoms with Crippen LogP contribution in [0.5, 0.6) is 0 Å². The van der Waals surface area contributed by atoms with Crippen molar-refractivity contribution in [1.82, 2.24) is 5.32 Å². The second kappa shape index (κ2) is 3.33. The maximum absolute atomic E-state index is 11.6. The van der Waals surface area contributed by atoms with Crippen LogP contribution in [-0.4, -0.2) is 11.9 Å². The Hall–Kier alpha value is -1.51. The standard InChI is InChI=1S/C11H14N2O/c1-7-6-8(2-5-10(7)12)11(14)13-9-3-4-9/h2,5-6,9H,3-4,12H2,1H3,(H,13,14). The quantitative estimate of drug-likeness (QED) is 0.694. The molecule has 0 aliphatic heterocycles. The van der Waals surface area contributed by atoms with E-state index in [-0.39, 0.29) is 5.91 Å². The summed E-state index contributed by atoms with van der Waals surface area (Å²) in [4.78, 5) is 11.6. The molecule has 1 saturated carbocycles. The highest BCUT2D eigenvalue weighted by molar-refractivity contribution is 5.95. The third kappa shape index (κ3) is 1.87. The molecule has 3 heteroatoms. The Labute approximate surface area is 83.3 Å². The summed E-state index contributed by atoms with van der Waals surface area (Å²) in [5.41, 5.74) is 8.05. The molecule has 3 N–H and O–H groups in total. The largest absolute Gasteiger partial charge is 0.399 e. The lowest BCUT2D eigenvalue weighted by Crippen LogP contribution is -2.25. The molecule has 1 aromatic carbocycles. The van der Waals surface area contributed by atoms with Crippen molar-refractivity contribution >= 4 is 11.6 Å². The Kier molecular flexibility index (Phi) is 2.15. The molecule has 1 aliphatic carbocycles. The predicted octanol–water partition coefficient (Wildman–Crippen LogP) is 1.47. The fraction of sp³-hybridized carbons (Fsp3) is 0.364.